The predicted molar refractivity (Wildman–Crippen MR) is 84.6 cm³/mol. The van der Waals surface area contributed by atoms with Gasteiger partial charge in [-0.25, -0.2) is 0 Å². The van der Waals surface area contributed by atoms with Crippen molar-refractivity contribution in [3.8, 4) is 0 Å². The Morgan fingerprint density at radius 2 is 2.20 bits per heavy atom. The van der Waals surface area contributed by atoms with Gasteiger partial charge in [-0.05, 0) is 39.3 Å². The number of pyridine rings is 1. The van der Waals surface area contributed by atoms with E-state index in [1.54, 1.807) is 0 Å². The fourth-order valence-electron chi connectivity index (χ4n) is 3.63. The van der Waals surface area contributed by atoms with E-state index in [9.17, 15) is 0 Å². The topological polar surface area (TPSA) is 19.4 Å². The third-order valence-electron chi connectivity index (χ3n) is 4.74. The van der Waals surface area contributed by atoms with Crippen LogP contribution in [0.2, 0.25) is 0 Å². The van der Waals surface area contributed by atoms with E-state index in [4.69, 9.17) is 11.6 Å². The van der Waals surface area contributed by atoms with Gasteiger partial charge in [-0.2, -0.15) is 0 Å². The van der Waals surface area contributed by atoms with Gasteiger partial charge in [-0.3, -0.25) is 9.88 Å². The summed E-state index contributed by atoms with van der Waals surface area (Å²) in [6.45, 7) is 7.98. The molecule has 4 heteroatoms. The summed E-state index contributed by atoms with van der Waals surface area (Å²) in [5.41, 5.74) is 3.53. The van der Waals surface area contributed by atoms with Crippen LogP contribution in [0, 0.1) is 6.92 Å². The van der Waals surface area contributed by atoms with E-state index in [0.717, 1.165) is 23.8 Å². The van der Waals surface area contributed by atoms with Gasteiger partial charge < -0.3 is 4.90 Å². The highest BCUT2D eigenvalue weighted by molar-refractivity contribution is 6.17. The summed E-state index contributed by atoms with van der Waals surface area (Å²) in [7, 11) is 0. The lowest BCUT2D eigenvalue weighted by atomic mass is 9.96. The van der Waals surface area contributed by atoms with Crippen molar-refractivity contribution in [1.82, 2.24) is 9.88 Å². The van der Waals surface area contributed by atoms with Crippen molar-refractivity contribution in [1.29, 1.82) is 0 Å². The number of piperidine rings is 1. The number of rotatable bonds is 2. The molecule has 110 valence electrons. The number of hydrogen-bond acceptors (Lipinski definition) is 3. The minimum Gasteiger partial charge on any atom is -0.366 e. The molecule has 0 saturated carbocycles. The summed E-state index contributed by atoms with van der Waals surface area (Å²) in [5.74, 6) is 0.542. The van der Waals surface area contributed by atoms with Gasteiger partial charge in [0.15, 0.2) is 0 Å². The molecule has 2 aliphatic heterocycles. The molecule has 0 radical (unpaired) electrons. The lowest BCUT2D eigenvalue weighted by molar-refractivity contribution is 0.115. The zero-order valence-electron chi connectivity index (χ0n) is 12.5. The number of hydrogen-bond donors (Lipinski definition) is 0. The largest absolute Gasteiger partial charge is 0.366 e. The normalized spacial score (nSPS) is 27.4. The van der Waals surface area contributed by atoms with E-state index < -0.39 is 0 Å². The summed E-state index contributed by atoms with van der Waals surface area (Å²) in [6.07, 6.45) is 6.02. The van der Waals surface area contributed by atoms with Crippen molar-refractivity contribution in [3.63, 3.8) is 0 Å². The monoisotopic (exact) mass is 293 g/mol. The molecular formula is C16H24ClN3. The van der Waals surface area contributed by atoms with Gasteiger partial charge in [0.1, 0.15) is 0 Å². The molecule has 2 aliphatic rings. The molecule has 1 aromatic rings. The van der Waals surface area contributed by atoms with E-state index in [1.165, 1.54) is 38.0 Å². The number of alkyl halides is 1. The number of anilines is 1. The van der Waals surface area contributed by atoms with Crippen molar-refractivity contribution < 1.29 is 0 Å². The summed E-state index contributed by atoms with van der Waals surface area (Å²) in [5, 5.41) is 0. The fraction of sp³-hybridized carbons (Fsp3) is 0.688. The summed E-state index contributed by atoms with van der Waals surface area (Å²) in [4.78, 5) is 9.62. The first-order valence-electron chi connectivity index (χ1n) is 7.71. The van der Waals surface area contributed by atoms with Gasteiger partial charge >= 0.3 is 0 Å². The van der Waals surface area contributed by atoms with Gasteiger partial charge in [0.2, 0.25) is 0 Å². The smallest absolute Gasteiger partial charge is 0.0509 e. The van der Waals surface area contributed by atoms with Crippen molar-refractivity contribution in [3.05, 3.63) is 23.5 Å². The Hall–Kier alpha value is -0.800. The van der Waals surface area contributed by atoms with E-state index >= 15 is 0 Å². The molecular weight excluding hydrogens is 270 g/mol. The molecule has 0 aliphatic carbocycles. The number of nitrogens with zero attached hydrogens (tertiary/aromatic N) is 3. The van der Waals surface area contributed by atoms with Crippen molar-refractivity contribution in [2.75, 3.05) is 24.5 Å². The maximum absolute atomic E-state index is 6.11. The molecule has 3 rings (SSSR count). The maximum Gasteiger partial charge on any atom is 0.0509 e. The molecule has 20 heavy (non-hydrogen) atoms. The van der Waals surface area contributed by atoms with Crippen LogP contribution in [0.3, 0.4) is 0 Å². The number of aromatic nitrogens is 1. The third kappa shape index (κ3) is 2.66. The van der Waals surface area contributed by atoms with Gasteiger partial charge in [0, 0.05) is 48.3 Å². The number of fused-ring (bicyclic) bond motifs is 1. The number of halogens is 1. The van der Waals surface area contributed by atoms with Crippen molar-refractivity contribution in [2.45, 2.75) is 51.1 Å². The highest BCUT2D eigenvalue weighted by Crippen LogP contribution is 2.31. The molecule has 2 unspecified atom stereocenters. The van der Waals surface area contributed by atoms with Crippen molar-refractivity contribution in [2.24, 2.45) is 0 Å². The van der Waals surface area contributed by atoms with Crippen LogP contribution in [0.25, 0.3) is 0 Å². The Morgan fingerprint density at radius 1 is 1.35 bits per heavy atom. The Morgan fingerprint density at radius 3 is 3.00 bits per heavy atom. The van der Waals surface area contributed by atoms with Crippen LogP contribution in [-0.2, 0) is 5.88 Å². The standard InChI is InChI=1S/C16H24ClN3/c1-12-7-16(14(8-17)9-18-12)20-11-15-5-3-4-6-19(15)10-13(20)2/h7,9,13,15H,3-6,8,10-11H2,1-2H3. The summed E-state index contributed by atoms with van der Waals surface area (Å²) >= 11 is 6.11. The minimum atomic E-state index is 0.542. The van der Waals surface area contributed by atoms with Gasteiger partial charge in [0.05, 0.1) is 5.88 Å². The van der Waals surface area contributed by atoms with Crippen molar-refractivity contribution >= 4 is 17.3 Å². The van der Waals surface area contributed by atoms with Gasteiger partial charge in [0.25, 0.3) is 0 Å². The molecule has 0 aromatic carbocycles. The Kier molecular flexibility index (Phi) is 4.18. The zero-order valence-corrected chi connectivity index (χ0v) is 13.2. The fourth-order valence-corrected chi connectivity index (χ4v) is 3.84. The quantitative estimate of drug-likeness (QED) is 0.781. The second kappa shape index (κ2) is 5.90. The Balaban J connectivity index is 1.87. The summed E-state index contributed by atoms with van der Waals surface area (Å²) in [6, 6.07) is 3.47. The van der Waals surface area contributed by atoms with E-state index in [0.29, 0.717) is 11.9 Å². The molecule has 1 aromatic heterocycles. The van der Waals surface area contributed by atoms with Crippen LogP contribution in [-0.4, -0.2) is 41.6 Å². The van der Waals surface area contributed by atoms with E-state index in [1.807, 2.05) is 6.20 Å². The van der Waals surface area contributed by atoms with E-state index in [2.05, 4.69) is 34.7 Å². The highest BCUT2D eigenvalue weighted by atomic mass is 35.5. The van der Waals surface area contributed by atoms with Crippen LogP contribution in [0.15, 0.2) is 12.3 Å². The number of aryl methyl sites for hydroxylation is 1. The molecule has 0 N–H and O–H groups in total. The molecule has 3 heterocycles. The van der Waals surface area contributed by atoms with Crippen LogP contribution < -0.4 is 4.90 Å². The molecule has 0 spiro atoms. The average Bonchev–Trinajstić information content (AvgIpc) is 2.46. The highest BCUT2D eigenvalue weighted by Gasteiger charge is 2.33. The molecule has 0 bridgehead atoms. The van der Waals surface area contributed by atoms with Crippen LogP contribution in [0.4, 0.5) is 5.69 Å². The van der Waals surface area contributed by atoms with Crippen LogP contribution >= 0.6 is 11.6 Å². The second-order valence-electron chi connectivity index (χ2n) is 6.23. The average molecular weight is 294 g/mol. The maximum atomic E-state index is 6.11. The first kappa shape index (κ1) is 14.2. The number of piperazine rings is 1. The lowest BCUT2D eigenvalue weighted by Crippen LogP contribution is -2.59. The van der Waals surface area contributed by atoms with Crippen LogP contribution in [0.5, 0.6) is 0 Å². The molecule has 2 atom stereocenters. The lowest BCUT2D eigenvalue weighted by Gasteiger charge is -2.48. The van der Waals surface area contributed by atoms with Crippen LogP contribution in [0.1, 0.15) is 37.4 Å². The zero-order chi connectivity index (χ0) is 14.1. The predicted octanol–water partition coefficient (Wildman–Crippen LogP) is 3.19. The van der Waals surface area contributed by atoms with E-state index in [-0.39, 0.29) is 0 Å². The van der Waals surface area contributed by atoms with Gasteiger partial charge in [-0.1, -0.05) is 6.42 Å². The molecule has 2 saturated heterocycles. The van der Waals surface area contributed by atoms with Gasteiger partial charge in [-0.15, -0.1) is 11.6 Å². The molecule has 0 amide bonds. The first-order valence-corrected chi connectivity index (χ1v) is 8.24. The first-order chi connectivity index (χ1) is 9.69. The Bertz CT molecular complexity index is 477. The second-order valence-corrected chi connectivity index (χ2v) is 6.50. The minimum absolute atomic E-state index is 0.542. The summed E-state index contributed by atoms with van der Waals surface area (Å²) < 4.78 is 0. The third-order valence-corrected chi connectivity index (χ3v) is 5.03. The Labute approximate surface area is 126 Å². The SMILES string of the molecule is Cc1cc(N2CC3CCCCN3CC2C)c(CCl)cn1. The molecule has 3 nitrogen and oxygen atoms in total. The molecule has 2 fully saturated rings.